The van der Waals surface area contributed by atoms with Crippen LogP contribution in [-0.4, -0.2) is 47.9 Å². The smallest absolute Gasteiger partial charge is 0.327 e. The lowest BCUT2D eigenvalue weighted by molar-refractivity contribution is -0.153. The van der Waals surface area contributed by atoms with Crippen molar-refractivity contribution in [3.8, 4) is 0 Å². The number of likely N-dealkylation sites (tertiary alicyclic amines) is 1. The number of hydrogen-bond acceptors (Lipinski definition) is 5. The molecule has 1 saturated heterocycles. The molecule has 2 amide bonds. The molecule has 6 nitrogen and oxygen atoms in total. The summed E-state index contributed by atoms with van der Waals surface area (Å²) in [6.45, 7) is 6.13. The predicted molar refractivity (Wildman–Crippen MR) is 67.0 cm³/mol. The molecule has 1 N–H and O–H groups in total. The number of amides is 2. The molecule has 3 unspecified atom stereocenters. The molecule has 0 bridgehead atoms. The summed E-state index contributed by atoms with van der Waals surface area (Å²) < 4.78 is 5.03. The Kier molecular flexibility index (Phi) is 3.62. The third-order valence-corrected chi connectivity index (χ3v) is 3.72. The van der Waals surface area contributed by atoms with E-state index in [1.165, 1.54) is 4.90 Å². The Morgan fingerprint density at radius 3 is 2.42 bits per heavy atom. The topological polar surface area (TPSA) is 75.7 Å². The molecule has 6 heteroatoms. The van der Waals surface area contributed by atoms with E-state index in [1.807, 2.05) is 6.92 Å². The highest BCUT2D eigenvalue weighted by Crippen LogP contribution is 2.47. The van der Waals surface area contributed by atoms with Crippen LogP contribution in [-0.2, 0) is 19.1 Å². The monoisotopic (exact) mass is 268 g/mol. The zero-order chi connectivity index (χ0) is 14.2. The Labute approximate surface area is 112 Å². The van der Waals surface area contributed by atoms with E-state index in [0.29, 0.717) is 13.0 Å². The summed E-state index contributed by atoms with van der Waals surface area (Å²) in [6.07, 6.45) is 0.672. The Balaban J connectivity index is 2.10. The van der Waals surface area contributed by atoms with Crippen LogP contribution in [0.25, 0.3) is 0 Å². The van der Waals surface area contributed by atoms with Crippen LogP contribution >= 0.6 is 0 Å². The van der Waals surface area contributed by atoms with Gasteiger partial charge >= 0.3 is 5.97 Å². The molecule has 3 atom stereocenters. The minimum Gasteiger partial charge on any atom is -0.465 e. The van der Waals surface area contributed by atoms with Crippen molar-refractivity contribution < 1.29 is 19.1 Å². The van der Waals surface area contributed by atoms with Crippen molar-refractivity contribution in [2.24, 2.45) is 11.8 Å². The van der Waals surface area contributed by atoms with Crippen LogP contribution in [0.15, 0.2) is 0 Å². The van der Waals surface area contributed by atoms with Crippen LogP contribution in [0.1, 0.15) is 27.2 Å². The van der Waals surface area contributed by atoms with Crippen molar-refractivity contribution in [2.75, 3.05) is 19.7 Å². The maximum absolute atomic E-state index is 12.0. The number of carbonyl (C=O) groups is 3. The minimum absolute atomic E-state index is 0.0460. The zero-order valence-corrected chi connectivity index (χ0v) is 11.6. The predicted octanol–water partition coefficient (Wildman–Crippen LogP) is -0.0774. The number of nitrogens with zero attached hydrogens (tertiary/aromatic N) is 1. The SMILES string of the molecule is CCNC(C)(CN1C(=O)C2CC2C1=O)C(=O)OCC. The van der Waals surface area contributed by atoms with E-state index in [0.717, 1.165) is 0 Å². The average Bonchev–Trinajstić information content (AvgIpc) is 3.11. The maximum Gasteiger partial charge on any atom is 0.327 e. The third kappa shape index (κ3) is 2.36. The standard InChI is InChI=1S/C13H20N2O4/c1-4-14-13(3,12(18)19-5-2)7-15-10(16)8-6-9(8)11(15)17/h8-9,14H,4-7H2,1-3H3. The van der Waals surface area contributed by atoms with Gasteiger partial charge in [-0.3, -0.25) is 14.5 Å². The summed E-state index contributed by atoms with van der Waals surface area (Å²) in [5.41, 5.74) is -1.03. The Hall–Kier alpha value is -1.43. The number of esters is 1. The fourth-order valence-electron chi connectivity index (χ4n) is 2.60. The molecule has 0 spiro atoms. The first kappa shape index (κ1) is 14.0. The summed E-state index contributed by atoms with van der Waals surface area (Å²) in [5, 5.41) is 3.02. The zero-order valence-electron chi connectivity index (χ0n) is 11.6. The number of piperidine rings is 1. The molecular formula is C13H20N2O4. The van der Waals surface area contributed by atoms with E-state index < -0.39 is 11.5 Å². The molecule has 1 saturated carbocycles. The van der Waals surface area contributed by atoms with Gasteiger partial charge in [-0.25, -0.2) is 4.79 Å². The lowest BCUT2D eigenvalue weighted by atomic mass is 10.0. The largest absolute Gasteiger partial charge is 0.465 e. The fraction of sp³-hybridized carbons (Fsp3) is 0.769. The molecule has 1 heterocycles. The summed E-state index contributed by atoms with van der Waals surface area (Å²) >= 11 is 0. The molecule has 106 valence electrons. The van der Waals surface area contributed by atoms with Gasteiger partial charge in [-0.15, -0.1) is 0 Å². The van der Waals surface area contributed by atoms with E-state index in [-0.39, 0.29) is 36.8 Å². The Morgan fingerprint density at radius 2 is 1.95 bits per heavy atom. The highest BCUT2D eigenvalue weighted by molar-refractivity contribution is 6.09. The molecule has 19 heavy (non-hydrogen) atoms. The van der Waals surface area contributed by atoms with Gasteiger partial charge in [0.2, 0.25) is 11.8 Å². The van der Waals surface area contributed by atoms with E-state index >= 15 is 0 Å². The normalized spacial score (nSPS) is 28.1. The second kappa shape index (κ2) is 4.92. The van der Waals surface area contributed by atoms with Crippen molar-refractivity contribution in [2.45, 2.75) is 32.7 Å². The summed E-state index contributed by atoms with van der Waals surface area (Å²) in [5.74, 6) is -1.01. The van der Waals surface area contributed by atoms with Gasteiger partial charge in [0.05, 0.1) is 25.0 Å². The molecule has 0 radical (unpaired) electrons. The summed E-state index contributed by atoms with van der Waals surface area (Å²) in [7, 11) is 0. The fourth-order valence-corrected chi connectivity index (χ4v) is 2.60. The van der Waals surface area contributed by atoms with Crippen molar-refractivity contribution in [3.05, 3.63) is 0 Å². The lowest BCUT2D eigenvalue weighted by Crippen LogP contribution is -2.58. The molecule has 2 aliphatic rings. The number of rotatable bonds is 6. The number of fused-ring (bicyclic) bond motifs is 1. The number of nitrogens with one attached hydrogen (secondary N) is 1. The molecular weight excluding hydrogens is 248 g/mol. The van der Waals surface area contributed by atoms with Crippen LogP contribution < -0.4 is 5.32 Å². The van der Waals surface area contributed by atoms with E-state index in [2.05, 4.69) is 5.32 Å². The van der Waals surface area contributed by atoms with E-state index in [4.69, 9.17) is 4.74 Å². The number of hydrogen-bond donors (Lipinski definition) is 1. The third-order valence-electron chi connectivity index (χ3n) is 3.72. The van der Waals surface area contributed by atoms with Gasteiger partial charge in [-0.2, -0.15) is 0 Å². The molecule has 0 aromatic heterocycles. The van der Waals surface area contributed by atoms with Crippen LogP contribution in [0.2, 0.25) is 0 Å². The lowest BCUT2D eigenvalue weighted by Gasteiger charge is -2.32. The second-order valence-electron chi connectivity index (χ2n) is 5.29. The van der Waals surface area contributed by atoms with Crippen LogP contribution in [0, 0.1) is 11.8 Å². The first-order valence-corrected chi connectivity index (χ1v) is 6.72. The highest BCUT2D eigenvalue weighted by atomic mass is 16.5. The van der Waals surface area contributed by atoms with Crippen LogP contribution in [0.3, 0.4) is 0 Å². The average molecular weight is 268 g/mol. The van der Waals surface area contributed by atoms with Crippen molar-refractivity contribution in [1.82, 2.24) is 10.2 Å². The number of likely N-dealkylation sites (N-methyl/N-ethyl adjacent to an activating group) is 1. The molecule has 2 rings (SSSR count). The van der Waals surface area contributed by atoms with Crippen molar-refractivity contribution in [1.29, 1.82) is 0 Å². The number of ether oxygens (including phenoxy) is 1. The molecule has 1 aliphatic heterocycles. The Bertz CT molecular complexity index is 403. The maximum atomic E-state index is 12.0. The van der Waals surface area contributed by atoms with Gasteiger partial charge in [0.1, 0.15) is 5.54 Å². The van der Waals surface area contributed by atoms with Gasteiger partial charge in [0, 0.05) is 0 Å². The second-order valence-corrected chi connectivity index (χ2v) is 5.29. The van der Waals surface area contributed by atoms with Gasteiger partial charge in [0.15, 0.2) is 0 Å². The van der Waals surface area contributed by atoms with Gasteiger partial charge in [-0.1, -0.05) is 6.92 Å². The molecule has 0 aromatic carbocycles. The summed E-state index contributed by atoms with van der Waals surface area (Å²) in [4.78, 5) is 37.1. The molecule has 0 aromatic rings. The number of carbonyl (C=O) groups excluding carboxylic acids is 3. The van der Waals surface area contributed by atoms with Crippen molar-refractivity contribution in [3.63, 3.8) is 0 Å². The van der Waals surface area contributed by atoms with Gasteiger partial charge < -0.3 is 10.1 Å². The first-order chi connectivity index (χ1) is 8.94. The molecule has 2 fully saturated rings. The number of imide groups is 1. The van der Waals surface area contributed by atoms with Gasteiger partial charge in [0.25, 0.3) is 0 Å². The van der Waals surface area contributed by atoms with Crippen LogP contribution in [0.5, 0.6) is 0 Å². The molecule has 1 aliphatic carbocycles. The minimum atomic E-state index is -1.03. The van der Waals surface area contributed by atoms with Gasteiger partial charge in [-0.05, 0) is 26.8 Å². The van der Waals surface area contributed by atoms with Crippen LogP contribution in [0.4, 0.5) is 0 Å². The Morgan fingerprint density at radius 1 is 1.37 bits per heavy atom. The first-order valence-electron chi connectivity index (χ1n) is 6.72. The van der Waals surface area contributed by atoms with E-state index in [9.17, 15) is 14.4 Å². The van der Waals surface area contributed by atoms with E-state index in [1.54, 1.807) is 13.8 Å². The summed E-state index contributed by atoms with van der Waals surface area (Å²) in [6, 6.07) is 0. The van der Waals surface area contributed by atoms with Crippen molar-refractivity contribution >= 4 is 17.8 Å². The quantitative estimate of drug-likeness (QED) is 0.539. The highest BCUT2D eigenvalue weighted by Gasteiger charge is 2.60.